The standard InChI is InChI=1S/C13H12ClNO3S/c1-18-13(17)12-11(15-10(16)6-7-14)8-4-2-3-5-9(8)19-12/h2-5H,6-7H2,1H3,(H,15,16). The van der Waals surface area contributed by atoms with Crippen LogP contribution >= 0.6 is 22.9 Å². The Hall–Kier alpha value is -1.59. The Balaban J connectivity index is 2.48. The van der Waals surface area contributed by atoms with Crippen molar-refractivity contribution in [2.45, 2.75) is 6.42 Å². The van der Waals surface area contributed by atoms with Crippen molar-refractivity contribution < 1.29 is 14.3 Å². The molecule has 0 saturated heterocycles. The number of carbonyl (C=O) groups is 2. The molecule has 19 heavy (non-hydrogen) atoms. The molecule has 4 nitrogen and oxygen atoms in total. The fourth-order valence-electron chi connectivity index (χ4n) is 1.69. The van der Waals surface area contributed by atoms with Gasteiger partial charge in [0.15, 0.2) is 0 Å². The summed E-state index contributed by atoms with van der Waals surface area (Å²) in [5.74, 6) is -0.437. The van der Waals surface area contributed by atoms with Crippen molar-refractivity contribution in [2.75, 3.05) is 18.3 Å². The van der Waals surface area contributed by atoms with Gasteiger partial charge in [0.05, 0.1) is 12.8 Å². The Morgan fingerprint density at radius 3 is 2.79 bits per heavy atom. The third-order valence-corrected chi connectivity index (χ3v) is 3.89. The van der Waals surface area contributed by atoms with Crippen LogP contribution in [0.3, 0.4) is 0 Å². The van der Waals surface area contributed by atoms with E-state index in [9.17, 15) is 9.59 Å². The molecule has 2 rings (SSSR count). The van der Waals surface area contributed by atoms with Crippen molar-refractivity contribution in [2.24, 2.45) is 0 Å². The monoisotopic (exact) mass is 297 g/mol. The van der Waals surface area contributed by atoms with Gasteiger partial charge >= 0.3 is 5.97 Å². The quantitative estimate of drug-likeness (QED) is 0.696. The number of thiophene rings is 1. The van der Waals surface area contributed by atoms with E-state index in [1.165, 1.54) is 18.4 Å². The zero-order valence-corrected chi connectivity index (χ0v) is 11.8. The van der Waals surface area contributed by atoms with Gasteiger partial charge in [0, 0.05) is 22.4 Å². The summed E-state index contributed by atoms with van der Waals surface area (Å²) >= 11 is 6.83. The summed E-state index contributed by atoms with van der Waals surface area (Å²) in [6.07, 6.45) is 0.201. The van der Waals surface area contributed by atoms with Gasteiger partial charge in [-0.1, -0.05) is 18.2 Å². The molecule has 1 aromatic heterocycles. The molecule has 0 fully saturated rings. The number of amides is 1. The van der Waals surface area contributed by atoms with E-state index in [0.29, 0.717) is 10.6 Å². The van der Waals surface area contributed by atoms with Crippen LogP contribution in [-0.2, 0) is 9.53 Å². The second kappa shape index (κ2) is 6.04. The third kappa shape index (κ3) is 2.88. The van der Waals surface area contributed by atoms with Gasteiger partial charge in [-0.25, -0.2) is 4.79 Å². The Labute approximate surface area is 119 Å². The summed E-state index contributed by atoms with van der Waals surface area (Å²) in [7, 11) is 1.32. The summed E-state index contributed by atoms with van der Waals surface area (Å²) < 4.78 is 5.66. The van der Waals surface area contributed by atoms with E-state index >= 15 is 0 Å². The molecule has 2 aromatic rings. The molecule has 0 radical (unpaired) electrons. The molecule has 0 aliphatic heterocycles. The summed E-state index contributed by atoms with van der Waals surface area (Å²) in [6, 6.07) is 7.48. The SMILES string of the molecule is COC(=O)c1sc2ccccc2c1NC(=O)CCCl. The molecule has 1 amide bonds. The highest BCUT2D eigenvalue weighted by molar-refractivity contribution is 7.21. The Kier molecular flexibility index (Phi) is 4.39. The lowest BCUT2D eigenvalue weighted by molar-refractivity contribution is -0.115. The molecule has 0 bridgehead atoms. The van der Waals surface area contributed by atoms with Crippen LogP contribution in [0.15, 0.2) is 24.3 Å². The minimum absolute atomic E-state index is 0.201. The summed E-state index contributed by atoms with van der Waals surface area (Å²) in [6.45, 7) is 0. The second-order valence-electron chi connectivity index (χ2n) is 3.78. The molecule has 0 aliphatic carbocycles. The number of benzene rings is 1. The van der Waals surface area contributed by atoms with Gasteiger partial charge in [0.2, 0.25) is 5.91 Å². The number of methoxy groups -OCH3 is 1. The van der Waals surface area contributed by atoms with Gasteiger partial charge in [-0.15, -0.1) is 22.9 Å². The van der Waals surface area contributed by atoms with Crippen LogP contribution in [0, 0.1) is 0 Å². The van der Waals surface area contributed by atoms with Crippen LogP contribution in [-0.4, -0.2) is 24.9 Å². The maximum absolute atomic E-state index is 11.8. The van der Waals surface area contributed by atoms with Gasteiger partial charge in [-0.3, -0.25) is 4.79 Å². The van der Waals surface area contributed by atoms with Crippen molar-refractivity contribution in [3.8, 4) is 0 Å². The van der Waals surface area contributed by atoms with Crippen LogP contribution < -0.4 is 5.32 Å². The lowest BCUT2D eigenvalue weighted by Gasteiger charge is -2.05. The van der Waals surface area contributed by atoms with Crippen LogP contribution in [0.25, 0.3) is 10.1 Å². The van der Waals surface area contributed by atoms with E-state index in [0.717, 1.165) is 10.1 Å². The first-order chi connectivity index (χ1) is 9.17. The predicted octanol–water partition coefficient (Wildman–Crippen LogP) is 3.26. The number of rotatable bonds is 4. The Morgan fingerprint density at radius 1 is 1.37 bits per heavy atom. The number of nitrogens with one attached hydrogen (secondary N) is 1. The van der Waals surface area contributed by atoms with Crippen molar-refractivity contribution in [1.82, 2.24) is 0 Å². The van der Waals surface area contributed by atoms with Crippen molar-refractivity contribution in [1.29, 1.82) is 0 Å². The normalized spacial score (nSPS) is 10.4. The average Bonchev–Trinajstić information content (AvgIpc) is 2.77. The number of carbonyl (C=O) groups excluding carboxylic acids is 2. The molecule has 0 unspecified atom stereocenters. The minimum atomic E-state index is -0.456. The third-order valence-electron chi connectivity index (χ3n) is 2.55. The molecule has 0 atom stereocenters. The van der Waals surface area contributed by atoms with Crippen molar-refractivity contribution >= 4 is 50.6 Å². The topological polar surface area (TPSA) is 55.4 Å². The number of ether oxygens (including phenoxy) is 1. The molecule has 1 aromatic carbocycles. The van der Waals surface area contributed by atoms with E-state index < -0.39 is 5.97 Å². The number of alkyl halides is 1. The minimum Gasteiger partial charge on any atom is -0.465 e. The van der Waals surface area contributed by atoms with E-state index in [2.05, 4.69) is 5.32 Å². The van der Waals surface area contributed by atoms with Crippen LogP contribution in [0.4, 0.5) is 5.69 Å². The molecule has 1 N–H and O–H groups in total. The average molecular weight is 298 g/mol. The molecule has 6 heteroatoms. The summed E-state index contributed by atoms with van der Waals surface area (Å²) in [5.41, 5.74) is 0.502. The van der Waals surface area contributed by atoms with Crippen molar-refractivity contribution in [3.05, 3.63) is 29.1 Å². The lowest BCUT2D eigenvalue weighted by Crippen LogP contribution is -2.14. The number of fused-ring (bicyclic) bond motifs is 1. The number of hydrogen-bond donors (Lipinski definition) is 1. The number of hydrogen-bond acceptors (Lipinski definition) is 4. The van der Waals surface area contributed by atoms with Crippen LogP contribution in [0.2, 0.25) is 0 Å². The highest BCUT2D eigenvalue weighted by atomic mass is 35.5. The number of anilines is 1. The van der Waals surface area contributed by atoms with Gasteiger partial charge in [0.25, 0.3) is 0 Å². The number of halogens is 1. The van der Waals surface area contributed by atoms with Gasteiger partial charge in [0.1, 0.15) is 4.88 Å². The Bertz CT molecular complexity index is 623. The van der Waals surface area contributed by atoms with Gasteiger partial charge in [-0.2, -0.15) is 0 Å². The maximum atomic E-state index is 11.8. The second-order valence-corrected chi connectivity index (χ2v) is 5.21. The Morgan fingerprint density at radius 2 is 2.11 bits per heavy atom. The lowest BCUT2D eigenvalue weighted by atomic mass is 10.2. The molecule has 0 aliphatic rings. The first kappa shape index (κ1) is 13.8. The van der Waals surface area contributed by atoms with Crippen LogP contribution in [0.1, 0.15) is 16.1 Å². The fraction of sp³-hybridized carbons (Fsp3) is 0.231. The zero-order valence-electron chi connectivity index (χ0n) is 10.2. The highest BCUT2D eigenvalue weighted by Crippen LogP contribution is 2.36. The predicted molar refractivity (Wildman–Crippen MR) is 77.1 cm³/mol. The first-order valence-electron chi connectivity index (χ1n) is 5.63. The van der Waals surface area contributed by atoms with E-state index in [4.69, 9.17) is 16.3 Å². The molecule has 0 spiro atoms. The summed E-state index contributed by atoms with van der Waals surface area (Å²) in [4.78, 5) is 23.8. The molecular weight excluding hydrogens is 286 g/mol. The molecular formula is C13H12ClNO3S. The largest absolute Gasteiger partial charge is 0.465 e. The highest BCUT2D eigenvalue weighted by Gasteiger charge is 2.20. The van der Waals surface area contributed by atoms with Crippen molar-refractivity contribution in [3.63, 3.8) is 0 Å². The molecule has 1 heterocycles. The van der Waals surface area contributed by atoms with Crippen LogP contribution in [0.5, 0.6) is 0 Å². The van der Waals surface area contributed by atoms with Gasteiger partial charge < -0.3 is 10.1 Å². The first-order valence-corrected chi connectivity index (χ1v) is 6.98. The van der Waals surface area contributed by atoms with E-state index in [-0.39, 0.29) is 18.2 Å². The molecule has 0 saturated carbocycles. The number of esters is 1. The maximum Gasteiger partial charge on any atom is 0.350 e. The van der Waals surface area contributed by atoms with Gasteiger partial charge in [-0.05, 0) is 6.07 Å². The van der Waals surface area contributed by atoms with E-state index in [1.807, 2.05) is 24.3 Å². The smallest absolute Gasteiger partial charge is 0.350 e. The van der Waals surface area contributed by atoms with E-state index in [1.54, 1.807) is 0 Å². The fourth-order valence-corrected chi connectivity index (χ4v) is 2.94. The summed E-state index contributed by atoms with van der Waals surface area (Å²) in [5, 5.41) is 3.57. The molecule has 100 valence electrons. The zero-order chi connectivity index (χ0) is 13.8.